The van der Waals surface area contributed by atoms with Crippen LogP contribution in [0.4, 0.5) is 5.69 Å². The van der Waals surface area contributed by atoms with Gasteiger partial charge in [0.05, 0.1) is 6.57 Å². The minimum Gasteiger partial charge on any atom is -0.238 e. The third-order valence-electron chi connectivity index (χ3n) is 8.33. The Labute approximate surface area is 267 Å². The summed E-state index contributed by atoms with van der Waals surface area (Å²) < 4.78 is 0. The van der Waals surface area contributed by atoms with Gasteiger partial charge in [-0.05, 0) is 50.5 Å². The van der Waals surface area contributed by atoms with Crippen molar-refractivity contribution < 1.29 is 0 Å². The van der Waals surface area contributed by atoms with Gasteiger partial charge in [0.2, 0.25) is 0 Å². The number of fused-ring (bicyclic) bond motifs is 2. The van der Waals surface area contributed by atoms with E-state index in [1.165, 1.54) is 0 Å². The first-order valence-corrected chi connectivity index (χ1v) is 15.1. The van der Waals surface area contributed by atoms with Crippen molar-refractivity contribution in [3.05, 3.63) is 169 Å². The molecule has 7 aromatic carbocycles. The molecule has 0 unspecified atom stereocenters. The Morgan fingerprint density at radius 3 is 1.59 bits per heavy atom. The Morgan fingerprint density at radius 1 is 0.370 bits per heavy atom. The highest BCUT2D eigenvalue weighted by atomic mass is 15.0. The molecule has 0 aliphatic rings. The van der Waals surface area contributed by atoms with Crippen LogP contribution in [0.5, 0.6) is 0 Å². The summed E-state index contributed by atoms with van der Waals surface area (Å²) in [6, 6.07) is 53.8. The second-order valence-electron chi connectivity index (χ2n) is 11.2. The molecule has 0 saturated carbocycles. The topological polar surface area (TPSA) is 43.0 Å². The zero-order valence-corrected chi connectivity index (χ0v) is 24.8. The van der Waals surface area contributed by atoms with Crippen molar-refractivity contribution in [3.63, 3.8) is 0 Å². The number of nitrogens with zero attached hydrogens (tertiary/aromatic N) is 4. The molecule has 0 saturated heterocycles. The van der Waals surface area contributed by atoms with Gasteiger partial charge in [0.15, 0.2) is 23.2 Å². The largest absolute Gasteiger partial charge is 0.238 e. The Hall–Kier alpha value is -6.44. The highest BCUT2D eigenvalue weighted by Gasteiger charge is 2.17. The van der Waals surface area contributed by atoms with Crippen molar-refractivity contribution in [1.82, 2.24) is 15.0 Å². The first-order chi connectivity index (χ1) is 22.7. The van der Waals surface area contributed by atoms with E-state index < -0.39 is 0 Å². The first kappa shape index (κ1) is 27.1. The van der Waals surface area contributed by atoms with E-state index in [0.29, 0.717) is 23.2 Å². The third kappa shape index (κ3) is 5.06. The van der Waals surface area contributed by atoms with E-state index in [9.17, 15) is 0 Å². The summed E-state index contributed by atoms with van der Waals surface area (Å²) in [5.74, 6) is 1.89. The normalized spacial score (nSPS) is 11.0. The molecule has 0 fully saturated rings. The second kappa shape index (κ2) is 11.6. The highest BCUT2D eigenvalue weighted by Crippen LogP contribution is 2.37. The molecule has 0 atom stereocenters. The molecule has 4 heteroatoms. The minimum atomic E-state index is 0.624. The van der Waals surface area contributed by atoms with Gasteiger partial charge < -0.3 is 0 Å². The first-order valence-electron chi connectivity index (χ1n) is 15.1. The number of hydrogen-bond acceptors (Lipinski definition) is 3. The van der Waals surface area contributed by atoms with Crippen LogP contribution in [-0.2, 0) is 0 Å². The number of rotatable bonds is 5. The monoisotopic (exact) mass is 586 g/mol. The lowest BCUT2D eigenvalue weighted by molar-refractivity contribution is 1.08. The van der Waals surface area contributed by atoms with Crippen molar-refractivity contribution in [3.8, 4) is 56.4 Å². The molecular weight excluding hydrogens is 560 g/mol. The van der Waals surface area contributed by atoms with Crippen molar-refractivity contribution in [1.29, 1.82) is 0 Å². The summed E-state index contributed by atoms with van der Waals surface area (Å²) in [5, 5.41) is 4.46. The van der Waals surface area contributed by atoms with Gasteiger partial charge in [-0.2, -0.15) is 0 Å². The Balaban J connectivity index is 1.29. The average Bonchev–Trinajstić information content (AvgIpc) is 3.14. The molecule has 4 nitrogen and oxygen atoms in total. The maximum Gasteiger partial charge on any atom is 0.187 e. The zero-order valence-electron chi connectivity index (χ0n) is 24.8. The fraction of sp³-hybridized carbons (Fsp3) is 0. The van der Waals surface area contributed by atoms with Crippen LogP contribution < -0.4 is 0 Å². The van der Waals surface area contributed by atoms with E-state index in [2.05, 4.69) is 102 Å². The van der Waals surface area contributed by atoms with Gasteiger partial charge in [-0.1, -0.05) is 146 Å². The second-order valence-corrected chi connectivity index (χ2v) is 11.2. The van der Waals surface area contributed by atoms with E-state index in [0.717, 1.165) is 60.5 Å². The molecule has 0 aliphatic heterocycles. The highest BCUT2D eigenvalue weighted by molar-refractivity contribution is 6.05. The Kier molecular flexibility index (Phi) is 6.83. The van der Waals surface area contributed by atoms with Crippen LogP contribution in [0, 0.1) is 6.57 Å². The molecule has 0 spiro atoms. The standard InChI is InChI=1S/C42H26N4/c1-43-36-24-22-28(23-25-36)32-18-19-34-27-35(21-20-33(34)26-32)41-44-40(31-12-6-3-7-13-31)45-42(46-41)38-17-9-15-30-14-8-16-37(39(30)38)29-10-4-2-5-11-29/h2-27H. The van der Waals surface area contributed by atoms with Gasteiger partial charge >= 0.3 is 0 Å². The van der Waals surface area contributed by atoms with E-state index >= 15 is 0 Å². The molecule has 0 aliphatic carbocycles. The molecule has 1 heterocycles. The SMILES string of the molecule is [C-]#[N+]c1ccc(-c2ccc3cc(-c4nc(-c5ccccc5)nc(-c5cccc6cccc(-c7ccccc7)c56)n4)ccc3c2)cc1. The Bertz CT molecular complexity index is 2400. The van der Waals surface area contributed by atoms with E-state index in [1.54, 1.807) is 0 Å². The summed E-state index contributed by atoms with van der Waals surface area (Å²) >= 11 is 0. The van der Waals surface area contributed by atoms with Crippen LogP contribution in [0.1, 0.15) is 0 Å². The lowest BCUT2D eigenvalue weighted by Crippen LogP contribution is -2.01. The summed E-state index contributed by atoms with van der Waals surface area (Å²) in [7, 11) is 0. The van der Waals surface area contributed by atoms with Gasteiger partial charge in [-0.25, -0.2) is 19.8 Å². The number of aromatic nitrogens is 3. The lowest BCUT2D eigenvalue weighted by Gasteiger charge is -2.13. The summed E-state index contributed by atoms with van der Waals surface area (Å²) in [4.78, 5) is 18.7. The molecule has 46 heavy (non-hydrogen) atoms. The fourth-order valence-electron chi connectivity index (χ4n) is 6.02. The summed E-state index contributed by atoms with van der Waals surface area (Å²) in [6.07, 6.45) is 0. The fourth-order valence-corrected chi connectivity index (χ4v) is 6.02. The van der Waals surface area contributed by atoms with Crippen molar-refractivity contribution >= 4 is 27.2 Å². The van der Waals surface area contributed by atoms with Gasteiger partial charge in [-0.15, -0.1) is 0 Å². The predicted octanol–water partition coefficient (Wildman–Crippen LogP) is 11.1. The van der Waals surface area contributed by atoms with Gasteiger partial charge in [0.1, 0.15) is 0 Å². The predicted molar refractivity (Wildman–Crippen MR) is 188 cm³/mol. The maximum absolute atomic E-state index is 7.23. The van der Waals surface area contributed by atoms with E-state index in [1.807, 2.05) is 60.7 Å². The van der Waals surface area contributed by atoms with Crippen molar-refractivity contribution in [2.45, 2.75) is 0 Å². The molecule has 8 rings (SSSR count). The smallest absolute Gasteiger partial charge is 0.187 e. The molecular formula is C42H26N4. The molecule has 0 bridgehead atoms. The number of hydrogen-bond donors (Lipinski definition) is 0. The van der Waals surface area contributed by atoms with Gasteiger partial charge in [0, 0.05) is 22.1 Å². The quantitative estimate of drug-likeness (QED) is 0.188. The van der Waals surface area contributed by atoms with Crippen LogP contribution in [0.2, 0.25) is 0 Å². The Morgan fingerprint density at radius 2 is 0.913 bits per heavy atom. The lowest BCUT2D eigenvalue weighted by atomic mass is 9.94. The molecule has 8 aromatic rings. The van der Waals surface area contributed by atoms with Crippen LogP contribution >= 0.6 is 0 Å². The number of benzene rings is 7. The average molecular weight is 587 g/mol. The van der Waals surface area contributed by atoms with Crippen LogP contribution in [0.15, 0.2) is 158 Å². The zero-order chi connectivity index (χ0) is 30.9. The van der Waals surface area contributed by atoms with Crippen molar-refractivity contribution in [2.75, 3.05) is 0 Å². The molecule has 0 amide bonds. The molecule has 214 valence electrons. The maximum atomic E-state index is 7.23. The van der Waals surface area contributed by atoms with Crippen molar-refractivity contribution in [2.24, 2.45) is 0 Å². The third-order valence-corrected chi connectivity index (χ3v) is 8.33. The minimum absolute atomic E-state index is 0.624. The molecule has 0 radical (unpaired) electrons. The van der Waals surface area contributed by atoms with Gasteiger partial charge in [-0.3, -0.25) is 0 Å². The molecule has 1 aromatic heterocycles. The van der Waals surface area contributed by atoms with E-state index in [-0.39, 0.29) is 0 Å². The van der Waals surface area contributed by atoms with E-state index in [4.69, 9.17) is 21.5 Å². The summed E-state index contributed by atoms with van der Waals surface area (Å²) in [6.45, 7) is 7.23. The van der Waals surface area contributed by atoms with Crippen LogP contribution in [0.3, 0.4) is 0 Å². The molecule has 0 N–H and O–H groups in total. The van der Waals surface area contributed by atoms with Crippen LogP contribution in [0.25, 0.3) is 82.8 Å². The van der Waals surface area contributed by atoms with Crippen LogP contribution in [-0.4, -0.2) is 15.0 Å². The van der Waals surface area contributed by atoms with Gasteiger partial charge in [0.25, 0.3) is 0 Å². The summed E-state index contributed by atoms with van der Waals surface area (Å²) in [5.41, 5.74) is 7.94.